The average Bonchev–Trinajstić information content (AvgIpc) is 2.70. The van der Waals surface area contributed by atoms with Crippen LogP contribution in [0.1, 0.15) is 18.7 Å². The molecule has 0 saturated heterocycles. The molecule has 2 heterocycles. The van der Waals surface area contributed by atoms with Crippen molar-refractivity contribution in [3.05, 3.63) is 17.3 Å². The van der Waals surface area contributed by atoms with Crippen molar-refractivity contribution in [2.24, 2.45) is 0 Å². The molecule has 0 aliphatic rings. The summed E-state index contributed by atoms with van der Waals surface area (Å²) in [5, 5.41) is 10.5. The first-order valence-electron chi connectivity index (χ1n) is 5.74. The second-order valence-electron chi connectivity index (χ2n) is 4.21. The third kappa shape index (κ3) is 2.56. The second kappa shape index (κ2) is 4.98. The fraction of sp³-hybridized carbons (Fsp3) is 0.500. The van der Waals surface area contributed by atoms with E-state index >= 15 is 0 Å². The Labute approximate surface area is 105 Å². The van der Waals surface area contributed by atoms with E-state index in [2.05, 4.69) is 23.0 Å². The molecular weight excluding hydrogens is 234 g/mol. The molecule has 2 aromatic heterocycles. The maximum atomic E-state index is 9.43. The number of aliphatic hydroxyl groups excluding tert-OH is 1. The van der Waals surface area contributed by atoms with E-state index in [0.29, 0.717) is 6.54 Å². The molecule has 92 valence electrons. The number of rotatable bonds is 4. The van der Waals surface area contributed by atoms with E-state index < -0.39 is 0 Å². The number of aryl methyl sites for hydroxylation is 1. The maximum Gasteiger partial charge on any atom is 0.140 e. The molecule has 1 atom stereocenters. The Morgan fingerprint density at radius 1 is 1.47 bits per heavy atom. The van der Waals surface area contributed by atoms with Gasteiger partial charge in [-0.2, -0.15) is 0 Å². The Hall–Kier alpha value is -1.20. The van der Waals surface area contributed by atoms with Crippen LogP contribution in [-0.4, -0.2) is 34.8 Å². The predicted molar refractivity (Wildman–Crippen MR) is 71.7 cm³/mol. The Kier molecular flexibility index (Phi) is 3.59. The van der Waals surface area contributed by atoms with Crippen LogP contribution in [0.3, 0.4) is 0 Å². The van der Waals surface area contributed by atoms with Crippen LogP contribution >= 0.6 is 11.3 Å². The van der Waals surface area contributed by atoms with Crippen LogP contribution in [0.15, 0.2) is 12.4 Å². The summed E-state index contributed by atoms with van der Waals surface area (Å²) < 4.78 is 0. The fourth-order valence-corrected chi connectivity index (χ4v) is 2.78. The summed E-state index contributed by atoms with van der Waals surface area (Å²) in [4.78, 5) is 12.9. The van der Waals surface area contributed by atoms with Gasteiger partial charge in [-0.3, -0.25) is 0 Å². The lowest BCUT2D eigenvalue weighted by molar-refractivity contribution is 0.201. The Bertz CT molecular complexity index is 509. The summed E-state index contributed by atoms with van der Waals surface area (Å²) >= 11 is 1.71. The molecule has 0 bridgehead atoms. The lowest BCUT2D eigenvalue weighted by atomic mass is 10.3. The van der Waals surface area contributed by atoms with E-state index in [-0.39, 0.29) is 6.10 Å². The predicted octanol–water partition coefficient (Wildman–Crippen LogP) is 2.07. The summed E-state index contributed by atoms with van der Waals surface area (Å²) in [7, 11) is 1.94. The Balaban J connectivity index is 2.42. The third-order valence-corrected chi connectivity index (χ3v) is 3.79. The molecule has 0 saturated carbocycles. The number of thiophene rings is 1. The van der Waals surface area contributed by atoms with Crippen LogP contribution in [0.5, 0.6) is 0 Å². The molecule has 0 amide bonds. The smallest absolute Gasteiger partial charge is 0.140 e. The van der Waals surface area contributed by atoms with Gasteiger partial charge in [0.15, 0.2) is 0 Å². The number of anilines is 1. The number of aliphatic hydroxyl groups is 1. The largest absolute Gasteiger partial charge is 0.392 e. The van der Waals surface area contributed by atoms with Gasteiger partial charge in [-0.05, 0) is 19.4 Å². The van der Waals surface area contributed by atoms with Crippen LogP contribution in [-0.2, 0) is 6.42 Å². The van der Waals surface area contributed by atoms with E-state index in [1.807, 2.05) is 11.9 Å². The van der Waals surface area contributed by atoms with Crippen molar-refractivity contribution in [3.8, 4) is 0 Å². The summed E-state index contributed by atoms with van der Waals surface area (Å²) in [5.74, 6) is 0.895. The van der Waals surface area contributed by atoms with Crippen LogP contribution in [0.2, 0.25) is 0 Å². The zero-order valence-electron chi connectivity index (χ0n) is 10.3. The number of aromatic nitrogens is 2. The highest BCUT2D eigenvalue weighted by atomic mass is 32.1. The first-order valence-corrected chi connectivity index (χ1v) is 6.56. The highest BCUT2D eigenvalue weighted by Gasteiger charge is 2.12. The SMILES string of the molecule is CCc1cc2c(N(C)CC(C)O)ncnc2s1. The molecule has 1 unspecified atom stereocenters. The van der Waals surface area contributed by atoms with Gasteiger partial charge in [0, 0.05) is 18.5 Å². The number of hydrogen-bond acceptors (Lipinski definition) is 5. The Morgan fingerprint density at radius 2 is 2.24 bits per heavy atom. The zero-order valence-corrected chi connectivity index (χ0v) is 11.2. The summed E-state index contributed by atoms with van der Waals surface area (Å²) in [5.41, 5.74) is 0. The number of fused-ring (bicyclic) bond motifs is 1. The van der Waals surface area contributed by atoms with Gasteiger partial charge in [0.05, 0.1) is 11.5 Å². The standard InChI is InChI=1S/C12H17N3OS/c1-4-9-5-10-11(15(3)6-8(2)16)13-7-14-12(10)17-9/h5,7-8,16H,4,6H2,1-3H3. The van der Waals surface area contributed by atoms with E-state index in [1.54, 1.807) is 24.6 Å². The number of nitrogens with zero attached hydrogens (tertiary/aromatic N) is 3. The monoisotopic (exact) mass is 251 g/mol. The van der Waals surface area contributed by atoms with Crippen molar-refractivity contribution in [2.45, 2.75) is 26.4 Å². The summed E-state index contributed by atoms with van der Waals surface area (Å²) in [6, 6.07) is 2.15. The lowest BCUT2D eigenvalue weighted by Crippen LogP contribution is -2.27. The average molecular weight is 251 g/mol. The van der Waals surface area contributed by atoms with Crippen LogP contribution in [0.25, 0.3) is 10.2 Å². The minimum absolute atomic E-state index is 0.366. The molecular formula is C12H17N3OS. The van der Waals surface area contributed by atoms with Gasteiger partial charge in [-0.1, -0.05) is 6.92 Å². The molecule has 2 aromatic rings. The van der Waals surface area contributed by atoms with Crippen molar-refractivity contribution in [2.75, 3.05) is 18.5 Å². The molecule has 0 aliphatic heterocycles. The van der Waals surface area contributed by atoms with Gasteiger partial charge < -0.3 is 10.0 Å². The third-order valence-electron chi connectivity index (χ3n) is 2.61. The van der Waals surface area contributed by atoms with Crippen LogP contribution in [0, 0.1) is 0 Å². The molecule has 17 heavy (non-hydrogen) atoms. The molecule has 0 aromatic carbocycles. The second-order valence-corrected chi connectivity index (χ2v) is 5.33. The summed E-state index contributed by atoms with van der Waals surface area (Å²) in [6.45, 7) is 4.49. The normalized spacial score (nSPS) is 12.9. The molecule has 0 radical (unpaired) electrons. The number of likely N-dealkylation sites (N-methyl/N-ethyl adjacent to an activating group) is 1. The van der Waals surface area contributed by atoms with E-state index in [1.165, 1.54) is 4.88 Å². The van der Waals surface area contributed by atoms with E-state index in [0.717, 1.165) is 22.5 Å². The van der Waals surface area contributed by atoms with Crippen LogP contribution < -0.4 is 4.90 Å². The van der Waals surface area contributed by atoms with Crippen molar-refractivity contribution < 1.29 is 5.11 Å². The molecule has 0 spiro atoms. The quantitative estimate of drug-likeness (QED) is 0.903. The molecule has 0 aliphatic carbocycles. The van der Waals surface area contributed by atoms with Crippen molar-refractivity contribution >= 4 is 27.4 Å². The number of hydrogen-bond donors (Lipinski definition) is 1. The topological polar surface area (TPSA) is 49.2 Å². The van der Waals surface area contributed by atoms with Crippen molar-refractivity contribution in [1.82, 2.24) is 9.97 Å². The zero-order chi connectivity index (χ0) is 12.4. The molecule has 5 heteroatoms. The lowest BCUT2D eigenvalue weighted by Gasteiger charge is -2.20. The molecule has 2 rings (SSSR count). The minimum atomic E-state index is -0.366. The maximum absolute atomic E-state index is 9.43. The van der Waals surface area contributed by atoms with Crippen molar-refractivity contribution in [3.63, 3.8) is 0 Å². The highest BCUT2D eigenvalue weighted by molar-refractivity contribution is 7.18. The molecule has 4 nitrogen and oxygen atoms in total. The molecule has 1 N–H and O–H groups in total. The van der Waals surface area contributed by atoms with E-state index in [4.69, 9.17) is 0 Å². The van der Waals surface area contributed by atoms with Gasteiger partial charge in [0.2, 0.25) is 0 Å². The molecule has 0 fully saturated rings. The first-order chi connectivity index (χ1) is 8.11. The van der Waals surface area contributed by atoms with Gasteiger partial charge in [-0.25, -0.2) is 9.97 Å². The van der Waals surface area contributed by atoms with Gasteiger partial charge in [-0.15, -0.1) is 11.3 Å². The van der Waals surface area contributed by atoms with Gasteiger partial charge >= 0.3 is 0 Å². The van der Waals surface area contributed by atoms with Crippen LogP contribution in [0.4, 0.5) is 5.82 Å². The van der Waals surface area contributed by atoms with Crippen molar-refractivity contribution in [1.29, 1.82) is 0 Å². The summed E-state index contributed by atoms with van der Waals surface area (Å²) in [6.07, 6.45) is 2.24. The minimum Gasteiger partial charge on any atom is -0.392 e. The first kappa shape index (κ1) is 12.3. The van der Waals surface area contributed by atoms with Gasteiger partial charge in [0.1, 0.15) is 17.0 Å². The highest BCUT2D eigenvalue weighted by Crippen LogP contribution is 2.29. The van der Waals surface area contributed by atoms with E-state index in [9.17, 15) is 5.11 Å². The van der Waals surface area contributed by atoms with Gasteiger partial charge in [0.25, 0.3) is 0 Å². The fourth-order valence-electron chi connectivity index (χ4n) is 1.85. The Morgan fingerprint density at radius 3 is 2.88 bits per heavy atom.